The molecule has 1 N–H and O–H groups in total. The third-order valence-corrected chi connectivity index (χ3v) is 4.23. The quantitative estimate of drug-likeness (QED) is 0.718. The van der Waals surface area contributed by atoms with Crippen molar-refractivity contribution in [2.75, 3.05) is 19.8 Å². The van der Waals surface area contributed by atoms with Crippen LogP contribution in [0.2, 0.25) is 0 Å². The molecule has 3 rings (SSSR count). The van der Waals surface area contributed by atoms with Crippen molar-refractivity contribution in [2.45, 2.75) is 25.6 Å². The molecule has 122 valence electrons. The fourth-order valence-electron chi connectivity index (χ4n) is 2.49. The maximum Gasteiger partial charge on any atom is 0.240 e. The number of H-pyrrole nitrogens is 1. The molecule has 2 heterocycles. The van der Waals surface area contributed by atoms with Gasteiger partial charge in [0.25, 0.3) is 0 Å². The van der Waals surface area contributed by atoms with Gasteiger partial charge in [0, 0.05) is 13.0 Å². The molecule has 0 atom stereocenters. The number of nitrogens with zero attached hydrogens (tertiary/aromatic N) is 4. The summed E-state index contributed by atoms with van der Waals surface area (Å²) >= 11 is 1.69. The Kier molecular flexibility index (Phi) is 4.97. The first-order chi connectivity index (χ1) is 11.2. The van der Waals surface area contributed by atoms with Crippen LogP contribution in [-0.2, 0) is 18.7 Å². The van der Waals surface area contributed by atoms with Crippen LogP contribution in [0, 0.1) is 6.92 Å². The summed E-state index contributed by atoms with van der Waals surface area (Å²) in [7, 11) is 2.05. The van der Waals surface area contributed by atoms with Gasteiger partial charge >= 0.3 is 0 Å². The van der Waals surface area contributed by atoms with Crippen molar-refractivity contribution in [1.82, 2.24) is 25.0 Å². The third-order valence-electron chi connectivity index (χ3n) is 3.68. The molecule has 3 aromatic rings. The van der Waals surface area contributed by atoms with Gasteiger partial charge < -0.3 is 9.51 Å². The number of benzene rings is 1. The second kappa shape index (κ2) is 7.14. The maximum absolute atomic E-state index is 5.26. The number of thioether (sulfide) groups is 1. The van der Waals surface area contributed by atoms with Crippen LogP contribution in [0.3, 0.4) is 0 Å². The van der Waals surface area contributed by atoms with Crippen molar-refractivity contribution in [2.24, 2.45) is 0 Å². The van der Waals surface area contributed by atoms with Gasteiger partial charge in [-0.2, -0.15) is 16.7 Å². The number of likely N-dealkylation sites (N-methyl/N-ethyl adjacent to an activating group) is 1. The average Bonchev–Trinajstić information content (AvgIpc) is 3.13. The lowest BCUT2D eigenvalue weighted by molar-refractivity contribution is 0.267. The normalized spacial score (nSPS) is 11.7. The van der Waals surface area contributed by atoms with Crippen LogP contribution in [0.15, 0.2) is 22.7 Å². The summed E-state index contributed by atoms with van der Waals surface area (Å²) in [4.78, 5) is 14.6. The van der Waals surface area contributed by atoms with E-state index in [-0.39, 0.29) is 0 Å². The SMILES string of the molecule is CSCc1noc(CN(C)CCc2nc3c(C)cccc3[nH]2)n1. The number of hydrogen-bond acceptors (Lipinski definition) is 6. The van der Waals surface area contributed by atoms with Crippen molar-refractivity contribution in [3.63, 3.8) is 0 Å². The standard InChI is InChI=1S/C16H21N5OS/c1-11-5-4-6-12-16(11)19-13(17-12)7-8-21(2)9-15-18-14(10-23-3)20-22-15/h4-6H,7-10H2,1-3H3,(H,17,19). The van der Waals surface area contributed by atoms with Crippen LogP contribution in [-0.4, -0.2) is 44.9 Å². The minimum absolute atomic E-state index is 0.653. The van der Waals surface area contributed by atoms with Crippen LogP contribution >= 0.6 is 11.8 Å². The monoisotopic (exact) mass is 331 g/mol. The van der Waals surface area contributed by atoms with Gasteiger partial charge in [-0.3, -0.25) is 4.90 Å². The molecule has 0 aliphatic heterocycles. The lowest BCUT2D eigenvalue weighted by Gasteiger charge is -2.12. The summed E-state index contributed by atoms with van der Waals surface area (Å²) in [6.07, 6.45) is 2.88. The molecule has 0 unspecified atom stereocenters. The zero-order valence-electron chi connectivity index (χ0n) is 13.7. The predicted molar refractivity (Wildman–Crippen MR) is 92.4 cm³/mol. The molecule has 0 bridgehead atoms. The zero-order chi connectivity index (χ0) is 16.2. The first-order valence-electron chi connectivity index (χ1n) is 7.59. The van der Waals surface area contributed by atoms with Gasteiger partial charge in [-0.25, -0.2) is 4.98 Å². The van der Waals surface area contributed by atoms with Gasteiger partial charge in [0.15, 0.2) is 5.82 Å². The van der Waals surface area contributed by atoms with E-state index in [1.54, 1.807) is 11.8 Å². The molecule has 6 nitrogen and oxygen atoms in total. The molecule has 0 saturated carbocycles. The van der Waals surface area contributed by atoms with E-state index in [9.17, 15) is 0 Å². The van der Waals surface area contributed by atoms with Crippen molar-refractivity contribution in [1.29, 1.82) is 0 Å². The highest BCUT2D eigenvalue weighted by molar-refractivity contribution is 7.97. The van der Waals surface area contributed by atoms with Crippen LogP contribution in [0.25, 0.3) is 11.0 Å². The summed E-state index contributed by atoms with van der Waals surface area (Å²) in [5.74, 6) is 3.21. The van der Waals surface area contributed by atoms with E-state index < -0.39 is 0 Å². The molecule has 0 radical (unpaired) electrons. The lowest BCUT2D eigenvalue weighted by Crippen LogP contribution is -2.21. The Bertz CT molecular complexity index is 782. The number of hydrogen-bond donors (Lipinski definition) is 1. The average molecular weight is 331 g/mol. The van der Waals surface area contributed by atoms with Crippen LogP contribution in [0.4, 0.5) is 0 Å². The summed E-state index contributed by atoms with van der Waals surface area (Å²) in [6, 6.07) is 6.20. The first kappa shape index (κ1) is 16.0. The van der Waals surface area contributed by atoms with E-state index in [1.807, 2.05) is 19.4 Å². The Balaban J connectivity index is 1.57. The fraction of sp³-hybridized carbons (Fsp3) is 0.438. The number of aromatic amines is 1. The Hall–Kier alpha value is -1.86. The number of fused-ring (bicyclic) bond motifs is 1. The molecule has 1 aromatic carbocycles. The Morgan fingerprint density at radius 1 is 1.30 bits per heavy atom. The van der Waals surface area contributed by atoms with Gasteiger partial charge in [-0.05, 0) is 31.9 Å². The smallest absolute Gasteiger partial charge is 0.240 e. The Labute approximate surface area is 139 Å². The Morgan fingerprint density at radius 2 is 2.17 bits per heavy atom. The van der Waals surface area contributed by atoms with Crippen LogP contribution in [0.1, 0.15) is 23.1 Å². The highest BCUT2D eigenvalue weighted by atomic mass is 32.2. The predicted octanol–water partition coefficient (Wildman–Crippen LogP) is 2.79. The first-order valence-corrected chi connectivity index (χ1v) is 8.98. The molecular formula is C16H21N5OS. The van der Waals surface area contributed by atoms with Gasteiger partial charge in [0.2, 0.25) is 5.89 Å². The number of nitrogens with one attached hydrogen (secondary N) is 1. The Morgan fingerprint density at radius 3 is 2.96 bits per heavy atom. The number of aromatic nitrogens is 4. The molecule has 7 heteroatoms. The maximum atomic E-state index is 5.26. The van der Waals surface area contributed by atoms with E-state index in [1.165, 1.54) is 5.56 Å². The fourth-order valence-corrected chi connectivity index (χ4v) is 2.87. The van der Waals surface area contributed by atoms with Crippen molar-refractivity contribution in [3.05, 3.63) is 41.3 Å². The third kappa shape index (κ3) is 3.92. The van der Waals surface area contributed by atoms with Gasteiger partial charge in [0.05, 0.1) is 23.3 Å². The second-order valence-electron chi connectivity index (χ2n) is 5.68. The number of rotatable bonds is 7. The molecular weight excluding hydrogens is 310 g/mol. The van der Waals surface area contributed by atoms with Crippen molar-refractivity contribution < 1.29 is 4.52 Å². The van der Waals surface area contributed by atoms with Gasteiger partial charge in [-0.15, -0.1) is 0 Å². The summed E-state index contributed by atoms with van der Waals surface area (Å²) in [5.41, 5.74) is 3.36. The topological polar surface area (TPSA) is 70.8 Å². The molecule has 0 fully saturated rings. The summed E-state index contributed by atoms with van der Waals surface area (Å²) < 4.78 is 5.26. The van der Waals surface area contributed by atoms with Gasteiger partial charge in [0.1, 0.15) is 5.82 Å². The lowest BCUT2D eigenvalue weighted by atomic mass is 10.2. The highest BCUT2D eigenvalue weighted by Gasteiger charge is 2.10. The van der Waals surface area contributed by atoms with E-state index in [0.29, 0.717) is 12.4 Å². The largest absolute Gasteiger partial charge is 0.342 e. The molecule has 0 aliphatic carbocycles. The van der Waals surface area contributed by atoms with Crippen molar-refractivity contribution in [3.8, 4) is 0 Å². The number of aryl methyl sites for hydroxylation is 1. The summed E-state index contributed by atoms with van der Waals surface area (Å²) in [5, 5.41) is 3.96. The minimum Gasteiger partial charge on any atom is -0.342 e. The zero-order valence-corrected chi connectivity index (χ0v) is 14.5. The molecule has 2 aromatic heterocycles. The van der Waals surface area contributed by atoms with Crippen molar-refractivity contribution >= 4 is 22.8 Å². The molecule has 0 saturated heterocycles. The highest BCUT2D eigenvalue weighted by Crippen LogP contribution is 2.16. The summed E-state index contributed by atoms with van der Waals surface area (Å²) in [6.45, 7) is 3.61. The number of imidazole rings is 1. The van der Waals surface area contributed by atoms with E-state index in [0.717, 1.165) is 41.4 Å². The van der Waals surface area contributed by atoms with E-state index in [4.69, 9.17) is 4.52 Å². The van der Waals surface area contributed by atoms with E-state index in [2.05, 4.69) is 44.1 Å². The van der Waals surface area contributed by atoms with Crippen LogP contribution < -0.4 is 0 Å². The molecule has 0 amide bonds. The van der Waals surface area contributed by atoms with Crippen LogP contribution in [0.5, 0.6) is 0 Å². The minimum atomic E-state index is 0.653. The second-order valence-corrected chi connectivity index (χ2v) is 6.55. The number of para-hydroxylation sites is 1. The molecule has 0 spiro atoms. The molecule has 23 heavy (non-hydrogen) atoms. The molecule has 0 aliphatic rings. The van der Waals surface area contributed by atoms with Gasteiger partial charge in [-0.1, -0.05) is 17.3 Å². The van der Waals surface area contributed by atoms with E-state index >= 15 is 0 Å².